The van der Waals surface area contributed by atoms with Gasteiger partial charge in [-0.3, -0.25) is 9.78 Å². The van der Waals surface area contributed by atoms with E-state index in [1.165, 1.54) is 24.4 Å². The van der Waals surface area contributed by atoms with Crippen molar-refractivity contribution < 1.29 is 17.9 Å². The van der Waals surface area contributed by atoms with Gasteiger partial charge < -0.3 is 15.8 Å². The molecule has 0 saturated carbocycles. The second-order valence-electron chi connectivity index (χ2n) is 7.36. The van der Waals surface area contributed by atoms with E-state index in [1.54, 1.807) is 56.5 Å². The fourth-order valence-corrected chi connectivity index (χ4v) is 5.15. The summed E-state index contributed by atoms with van der Waals surface area (Å²) >= 11 is 3.32. The lowest BCUT2D eigenvalue weighted by Gasteiger charge is -2.16. The molecule has 0 bridgehead atoms. The number of hydrogen-bond acceptors (Lipinski definition) is 6. The Morgan fingerprint density at radius 3 is 2.45 bits per heavy atom. The molecule has 4 rings (SSSR count). The number of hydrogen-bond donors (Lipinski definition) is 2. The minimum atomic E-state index is -3.82. The first-order valence-electron chi connectivity index (χ1n) is 9.85. The third kappa shape index (κ3) is 4.42. The molecule has 0 aliphatic rings. The first-order valence-corrected chi connectivity index (χ1v) is 12.1. The van der Waals surface area contributed by atoms with Crippen LogP contribution in [0.3, 0.4) is 0 Å². The van der Waals surface area contributed by atoms with Gasteiger partial charge in [-0.05, 0) is 61.0 Å². The van der Waals surface area contributed by atoms with Gasteiger partial charge in [0.25, 0.3) is 5.91 Å². The first-order chi connectivity index (χ1) is 15.7. The predicted molar refractivity (Wildman–Crippen MR) is 131 cm³/mol. The number of amides is 1. The number of carbonyl (C=O) groups is 1. The number of nitrogens with two attached hydrogens (primary N) is 1. The third-order valence-electron chi connectivity index (χ3n) is 5.17. The van der Waals surface area contributed by atoms with Crippen molar-refractivity contribution in [3.05, 3.63) is 82.5 Å². The number of ether oxygens (including phenoxy) is 1. The lowest BCUT2D eigenvalue weighted by atomic mass is 10.1. The number of anilines is 2. The molecule has 0 saturated heterocycles. The summed E-state index contributed by atoms with van der Waals surface area (Å²) < 4.78 is 32.7. The molecule has 4 aromatic rings. The second-order valence-corrected chi connectivity index (χ2v) is 10.2. The molecule has 0 spiro atoms. The van der Waals surface area contributed by atoms with Gasteiger partial charge in [-0.25, -0.2) is 8.42 Å². The zero-order valence-electron chi connectivity index (χ0n) is 17.8. The summed E-state index contributed by atoms with van der Waals surface area (Å²) in [4.78, 5) is 16.8. The van der Waals surface area contributed by atoms with Crippen LogP contribution in [0.4, 0.5) is 11.4 Å². The molecule has 168 valence electrons. The van der Waals surface area contributed by atoms with Gasteiger partial charge in [-0.1, -0.05) is 22.0 Å². The first kappa shape index (κ1) is 22.8. The maximum Gasteiger partial charge on any atom is 0.252 e. The highest BCUT2D eigenvalue weighted by molar-refractivity contribution is 9.10. The second kappa shape index (κ2) is 8.84. The summed E-state index contributed by atoms with van der Waals surface area (Å²) in [5.74, 6) is -0.0673. The summed E-state index contributed by atoms with van der Waals surface area (Å²) in [6.07, 6.45) is 1.39. The Bertz CT molecular complexity index is 1490. The Kier molecular flexibility index (Phi) is 6.09. The fraction of sp³-hybridized carbons (Fsp3) is 0.0833. The predicted octanol–water partition coefficient (Wildman–Crippen LogP) is 4.99. The van der Waals surface area contributed by atoms with Crippen LogP contribution in [0.5, 0.6) is 5.75 Å². The number of aromatic nitrogens is 1. The number of fused-ring (bicyclic) bond motifs is 1. The van der Waals surface area contributed by atoms with E-state index in [-0.39, 0.29) is 15.4 Å². The van der Waals surface area contributed by atoms with Gasteiger partial charge in [0.1, 0.15) is 5.75 Å². The lowest BCUT2D eigenvalue weighted by Crippen LogP contribution is -2.14. The standard InChI is InChI=1S/C24H20BrN3O4S/c1-14-10-19(33(30,31)18-8-6-15(25)7-9-18)12-20-22(14)27-13-21(24(26)29)23(20)28-16-4-3-5-17(11-16)32-2/h3-13H,1-2H3,(H2,26,29)(H,27,28). The quantitative estimate of drug-likeness (QED) is 0.366. The molecule has 0 radical (unpaired) electrons. The number of methoxy groups -OCH3 is 1. The van der Waals surface area contributed by atoms with Crippen LogP contribution in [-0.4, -0.2) is 26.4 Å². The van der Waals surface area contributed by atoms with Gasteiger partial charge in [-0.2, -0.15) is 0 Å². The Morgan fingerprint density at radius 2 is 1.79 bits per heavy atom. The average molecular weight is 526 g/mol. The smallest absolute Gasteiger partial charge is 0.252 e. The van der Waals surface area contributed by atoms with Gasteiger partial charge in [0.15, 0.2) is 0 Å². The summed E-state index contributed by atoms with van der Waals surface area (Å²) in [6.45, 7) is 1.77. The van der Waals surface area contributed by atoms with E-state index in [9.17, 15) is 13.2 Å². The van der Waals surface area contributed by atoms with Crippen LogP contribution in [0.2, 0.25) is 0 Å². The Labute approximate surface area is 199 Å². The van der Waals surface area contributed by atoms with E-state index >= 15 is 0 Å². The number of nitrogens with one attached hydrogen (secondary N) is 1. The molecular weight excluding hydrogens is 506 g/mol. The van der Waals surface area contributed by atoms with Crippen molar-refractivity contribution in [2.45, 2.75) is 16.7 Å². The summed E-state index contributed by atoms with van der Waals surface area (Å²) in [5.41, 5.74) is 7.97. The van der Waals surface area contributed by atoms with Gasteiger partial charge in [0, 0.05) is 27.8 Å². The number of benzene rings is 3. The van der Waals surface area contributed by atoms with Gasteiger partial charge in [0.2, 0.25) is 9.84 Å². The monoisotopic (exact) mass is 525 g/mol. The molecule has 9 heteroatoms. The largest absolute Gasteiger partial charge is 0.497 e. The van der Waals surface area contributed by atoms with Crippen molar-refractivity contribution in [2.75, 3.05) is 12.4 Å². The van der Waals surface area contributed by atoms with E-state index in [1.807, 2.05) is 0 Å². The molecule has 7 nitrogen and oxygen atoms in total. The van der Waals surface area contributed by atoms with Crippen LogP contribution < -0.4 is 15.8 Å². The van der Waals surface area contributed by atoms with Crippen LogP contribution in [0.15, 0.2) is 81.1 Å². The molecule has 0 aliphatic heterocycles. The molecule has 0 fully saturated rings. The van der Waals surface area contributed by atoms with Crippen LogP contribution in [0.1, 0.15) is 15.9 Å². The Hall–Kier alpha value is -3.43. The van der Waals surface area contributed by atoms with Crippen LogP contribution in [-0.2, 0) is 9.84 Å². The zero-order chi connectivity index (χ0) is 23.8. The number of pyridine rings is 1. The van der Waals surface area contributed by atoms with E-state index in [0.717, 1.165) is 4.47 Å². The number of carbonyl (C=O) groups excluding carboxylic acids is 1. The minimum absolute atomic E-state index is 0.0898. The van der Waals surface area contributed by atoms with E-state index < -0.39 is 15.7 Å². The number of rotatable bonds is 6. The van der Waals surface area contributed by atoms with E-state index in [0.29, 0.717) is 33.6 Å². The molecule has 1 aromatic heterocycles. The number of primary amides is 1. The van der Waals surface area contributed by atoms with Crippen LogP contribution in [0.25, 0.3) is 10.9 Å². The number of nitrogens with zero attached hydrogens (tertiary/aromatic N) is 1. The number of aryl methyl sites for hydroxylation is 1. The molecule has 3 aromatic carbocycles. The summed E-state index contributed by atoms with van der Waals surface area (Å²) in [5, 5.41) is 3.67. The van der Waals surface area contributed by atoms with Crippen molar-refractivity contribution >= 4 is 54.0 Å². The van der Waals surface area contributed by atoms with Crippen molar-refractivity contribution in [3.8, 4) is 5.75 Å². The fourth-order valence-electron chi connectivity index (χ4n) is 3.52. The minimum Gasteiger partial charge on any atom is -0.497 e. The SMILES string of the molecule is COc1cccc(Nc2c(C(N)=O)cnc3c(C)cc(S(=O)(=O)c4ccc(Br)cc4)cc23)c1. The van der Waals surface area contributed by atoms with Crippen molar-refractivity contribution in [3.63, 3.8) is 0 Å². The molecule has 3 N–H and O–H groups in total. The van der Waals surface area contributed by atoms with Gasteiger partial charge in [0.05, 0.1) is 33.7 Å². The van der Waals surface area contributed by atoms with E-state index in [2.05, 4.69) is 26.2 Å². The molecule has 0 atom stereocenters. The highest BCUT2D eigenvalue weighted by atomic mass is 79.9. The summed E-state index contributed by atoms with van der Waals surface area (Å²) in [6, 6.07) is 16.6. The average Bonchev–Trinajstić information content (AvgIpc) is 2.79. The molecule has 0 unspecified atom stereocenters. The van der Waals surface area contributed by atoms with Crippen molar-refractivity contribution in [2.24, 2.45) is 5.73 Å². The zero-order valence-corrected chi connectivity index (χ0v) is 20.2. The lowest BCUT2D eigenvalue weighted by molar-refractivity contribution is 0.100. The molecule has 33 heavy (non-hydrogen) atoms. The van der Waals surface area contributed by atoms with Crippen LogP contribution in [0, 0.1) is 6.92 Å². The van der Waals surface area contributed by atoms with Gasteiger partial charge in [-0.15, -0.1) is 0 Å². The number of sulfone groups is 1. The van der Waals surface area contributed by atoms with Gasteiger partial charge >= 0.3 is 0 Å². The van der Waals surface area contributed by atoms with Crippen LogP contribution >= 0.6 is 15.9 Å². The third-order valence-corrected chi connectivity index (χ3v) is 7.45. The highest BCUT2D eigenvalue weighted by Crippen LogP contribution is 2.35. The molecule has 0 aliphatic carbocycles. The van der Waals surface area contributed by atoms with E-state index in [4.69, 9.17) is 10.5 Å². The molecule has 1 amide bonds. The molecule has 1 heterocycles. The Morgan fingerprint density at radius 1 is 1.06 bits per heavy atom. The topological polar surface area (TPSA) is 111 Å². The Balaban J connectivity index is 1.95. The normalized spacial score (nSPS) is 11.4. The number of halogens is 1. The molecular formula is C24H20BrN3O4S. The summed E-state index contributed by atoms with van der Waals surface area (Å²) in [7, 11) is -2.26. The maximum absolute atomic E-state index is 13.3. The highest BCUT2D eigenvalue weighted by Gasteiger charge is 2.22. The van der Waals surface area contributed by atoms with Crippen molar-refractivity contribution in [1.82, 2.24) is 4.98 Å². The van der Waals surface area contributed by atoms with Crippen molar-refractivity contribution in [1.29, 1.82) is 0 Å². The maximum atomic E-state index is 13.3.